The van der Waals surface area contributed by atoms with Crippen LogP contribution in [0.25, 0.3) is 0 Å². The van der Waals surface area contributed by atoms with E-state index in [1.165, 1.54) is 24.1 Å². The molecule has 0 aliphatic carbocycles. The predicted molar refractivity (Wildman–Crippen MR) is 84.4 cm³/mol. The van der Waals surface area contributed by atoms with E-state index in [1.54, 1.807) is 0 Å². The molecule has 0 radical (unpaired) electrons. The van der Waals surface area contributed by atoms with Crippen molar-refractivity contribution < 1.29 is 0 Å². The molecular weight excluding hydrogens is 288 g/mol. The van der Waals surface area contributed by atoms with Crippen LogP contribution in [0.1, 0.15) is 45.2 Å². The maximum atomic E-state index is 3.59. The fraction of sp³-hybridized carbons (Fsp3) is 0.600. The first-order valence-electron chi connectivity index (χ1n) is 6.85. The van der Waals surface area contributed by atoms with Gasteiger partial charge in [-0.1, -0.05) is 35.3 Å². The van der Waals surface area contributed by atoms with Crippen molar-refractivity contribution in [3.05, 3.63) is 28.2 Å². The van der Waals surface area contributed by atoms with Crippen molar-refractivity contribution in [3.63, 3.8) is 0 Å². The Morgan fingerprint density at radius 2 is 2.06 bits per heavy atom. The molecule has 2 nitrogen and oxygen atoms in total. The number of anilines is 1. The van der Waals surface area contributed by atoms with Gasteiger partial charge >= 0.3 is 0 Å². The number of benzene rings is 1. The molecule has 1 unspecified atom stereocenters. The summed E-state index contributed by atoms with van der Waals surface area (Å²) in [5, 5.41) is 3.33. The molecule has 0 aliphatic heterocycles. The maximum absolute atomic E-state index is 3.59. The molecule has 0 aliphatic rings. The largest absolute Gasteiger partial charge is 0.372 e. The van der Waals surface area contributed by atoms with Crippen LogP contribution in [-0.2, 0) is 0 Å². The fourth-order valence-corrected chi connectivity index (χ4v) is 2.46. The number of hydrogen-bond acceptors (Lipinski definition) is 2. The molecule has 0 heterocycles. The highest BCUT2D eigenvalue weighted by Gasteiger charge is 2.14. The van der Waals surface area contributed by atoms with Crippen molar-refractivity contribution in [2.75, 3.05) is 25.0 Å². The monoisotopic (exact) mass is 312 g/mol. The summed E-state index contributed by atoms with van der Waals surface area (Å²) < 4.78 is 1.15. The number of unbranched alkanes of at least 4 members (excludes halogenated alkanes) is 1. The van der Waals surface area contributed by atoms with E-state index in [0.29, 0.717) is 6.04 Å². The number of halogens is 1. The van der Waals surface area contributed by atoms with Gasteiger partial charge in [0.1, 0.15) is 0 Å². The van der Waals surface area contributed by atoms with Crippen LogP contribution in [0.3, 0.4) is 0 Å². The summed E-state index contributed by atoms with van der Waals surface area (Å²) in [4.78, 5) is 2.47. The lowest BCUT2D eigenvalue weighted by Gasteiger charge is -2.28. The standard InChI is InChI=1S/C15H25BrN2/c1-5-7-10-18(6-2)15-11-13(16)8-9-14(15)12(3)17-4/h8-9,11-12,17H,5-7,10H2,1-4H3. The molecule has 0 amide bonds. The van der Waals surface area contributed by atoms with Crippen molar-refractivity contribution in [3.8, 4) is 0 Å². The van der Waals surface area contributed by atoms with E-state index in [2.05, 4.69) is 65.1 Å². The Morgan fingerprint density at radius 1 is 1.33 bits per heavy atom. The van der Waals surface area contributed by atoms with Gasteiger partial charge in [0.15, 0.2) is 0 Å². The minimum Gasteiger partial charge on any atom is -0.372 e. The number of nitrogens with zero attached hydrogens (tertiary/aromatic N) is 1. The molecule has 1 rings (SSSR count). The number of rotatable bonds is 7. The highest BCUT2D eigenvalue weighted by Crippen LogP contribution is 2.29. The second kappa shape index (κ2) is 7.80. The molecule has 0 fully saturated rings. The Hall–Kier alpha value is -0.540. The Bertz CT molecular complexity index is 366. The molecule has 1 aromatic carbocycles. The van der Waals surface area contributed by atoms with Crippen molar-refractivity contribution in [1.82, 2.24) is 5.32 Å². The van der Waals surface area contributed by atoms with Crippen LogP contribution < -0.4 is 10.2 Å². The third-order valence-electron chi connectivity index (χ3n) is 3.40. The van der Waals surface area contributed by atoms with Gasteiger partial charge in [-0.2, -0.15) is 0 Å². The predicted octanol–water partition coefficient (Wildman–Crippen LogP) is 4.36. The first kappa shape index (κ1) is 15.5. The fourth-order valence-electron chi connectivity index (χ4n) is 2.11. The van der Waals surface area contributed by atoms with E-state index in [9.17, 15) is 0 Å². The van der Waals surface area contributed by atoms with Gasteiger partial charge in [-0.25, -0.2) is 0 Å². The van der Waals surface area contributed by atoms with Crippen LogP contribution in [0, 0.1) is 0 Å². The summed E-state index contributed by atoms with van der Waals surface area (Å²) in [5.41, 5.74) is 2.72. The van der Waals surface area contributed by atoms with Crippen molar-refractivity contribution in [2.24, 2.45) is 0 Å². The molecule has 1 N–H and O–H groups in total. The van der Waals surface area contributed by atoms with Gasteiger partial charge in [-0.05, 0) is 45.0 Å². The first-order valence-corrected chi connectivity index (χ1v) is 7.64. The highest BCUT2D eigenvalue weighted by atomic mass is 79.9. The summed E-state index contributed by atoms with van der Waals surface area (Å²) >= 11 is 3.59. The Kier molecular flexibility index (Phi) is 6.72. The Morgan fingerprint density at radius 3 is 2.61 bits per heavy atom. The molecule has 1 aromatic rings. The summed E-state index contributed by atoms with van der Waals surface area (Å²) in [6.07, 6.45) is 2.48. The molecule has 1 atom stereocenters. The van der Waals surface area contributed by atoms with Crippen LogP contribution in [0.4, 0.5) is 5.69 Å². The van der Waals surface area contributed by atoms with Gasteiger partial charge in [0.2, 0.25) is 0 Å². The quantitative estimate of drug-likeness (QED) is 0.805. The molecule has 0 saturated carbocycles. The van der Waals surface area contributed by atoms with Gasteiger partial charge in [-0.3, -0.25) is 0 Å². The average molecular weight is 313 g/mol. The lowest BCUT2D eigenvalue weighted by atomic mass is 10.0. The lowest BCUT2D eigenvalue weighted by molar-refractivity contribution is 0.644. The van der Waals surface area contributed by atoms with Crippen molar-refractivity contribution >= 4 is 21.6 Å². The van der Waals surface area contributed by atoms with E-state index in [0.717, 1.165) is 17.6 Å². The highest BCUT2D eigenvalue weighted by molar-refractivity contribution is 9.10. The van der Waals surface area contributed by atoms with Crippen LogP contribution >= 0.6 is 15.9 Å². The Balaban J connectivity index is 3.05. The van der Waals surface area contributed by atoms with Crippen molar-refractivity contribution in [1.29, 1.82) is 0 Å². The summed E-state index contributed by atoms with van der Waals surface area (Å²) in [6, 6.07) is 6.96. The topological polar surface area (TPSA) is 15.3 Å². The lowest BCUT2D eigenvalue weighted by Crippen LogP contribution is -2.26. The average Bonchev–Trinajstić information content (AvgIpc) is 2.39. The zero-order valence-corrected chi connectivity index (χ0v) is 13.5. The zero-order chi connectivity index (χ0) is 13.5. The molecule has 3 heteroatoms. The summed E-state index contributed by atoms with van der Waals surface area (Å²) in [6.45, 7) is 8.86. The molecule has 0 aromatic heterocycles. The molecule has 0 spiro atoms. The van der Waals surface area contributed by atoms with Crippen LogP contribution in [0.2, 0.25) is 0 Å². The second-order valence-electron chi connectivity index (χ2n) is 4.65. The van der Waals surface area contributed by atoms with Crippen LogP contribution in [-0.4, -0.2) is 20.1 Å². The third kappa shape index (κ3) is 3.99. The second-order valence-corrected chi connectivity index (χ2v) is 5.56. The molecule has 0 saturated heterocycles. The normalized spacial score (nSPS) is 12.5. The smallest absolute Gasteiger partial charge is 0.0425 e. The number of nitrogens with one attached hydrogen (secondary N) is 1. The minimum atomic E-state index is 0.378. The van der Waals surface area contributed by atoms with Gasteiger partial charge in [0.25, 0.3) is 0 Å². The number of hydrogen-bond donors (Lipinski definition) is 1. The van der Waals surface area contributed by atoms with E-state index < -0.39 is 0 Å². The third-order valence-corrected chi connectivity index (χ3v) is 3.89. The van der Waals surface area contributed by atoms with Gasteiger partial charge in [0.05, 0.1) is 0 Å². The Labute approximate surface area is 120 Å². The van der Waals surface area contributed by atoms with Crippen LogP contribution in [0.5, 0.6) is 0 Å². The molecule has 102 valence electrons. The van der Waals surface area contributed by atoms with E-state index in [1.807, 2.05) is 7.05 Å². The van der Waals surface area contributed by atoms with Gasteiger partial charge in [-0.15, -0.1) is 0 Å². The van der Waals surface area contributed by atoms with E-state index in [4.69, 9.17) is 0 Å². The summed E-state index contributed by atoms with van der Waals surface area (Å²) in [7, 11) is 2.01. The molecule has 18 heavy (non-hydrogen) atoms. The SMILES string of the molecule is CCCCN(CC)c1cc(Br)ccc1C(C)NC. The molecular formula is C15H25BrN2. The zero-order valence-electron chi connectivity index (χ0n) is 12.0. The van der Waals surface area contributed by atoms with Gasteiger partial charge < -0.3 is 10.2 Å². The van der Waals surface area contributed by atoms with E-state index in [-0.39, 0.29) is 0 Å². The van der Waals surface area contributed by atoms with Crippen molar-refractivity contribution in [2.45, 2.75) is 39.7 Å². The van der Waals surface area contributed by atoms with E-state index >= 15 is 0 Å². The van der Waals surface area contributed by atoms with Gasteiger partial charge in [0, 0.05) is 29.3 Å². The minimum absolute atomic E-state index is 0.378. The molecule has 0 bridgehead atoms. The first-order chi connectivity index (χ1) is 8.63. The maximum Gasteiger partial charge on any atom is 0.0425 e. The van der Waals surface area contributed by atoms with Crippen LogP contribution in [0.15, 0.2) is 22.7 Å². The summed E-state index contributed by atoms with van der Waals surface area (Å²) in [5.74, 6) is 0.